The number of aromatic amines is 1. The number of rotatable bonds is 4. The number of anilines is 1. The maximum absolute atomic E-state index is 11.0. The maximum atomic E-state index is 11.0. The van der Waals surface area contributed by atoms with Crippen molar-refractivity contribution >= 4 is 39.9 Å². The number of nitro groups is 1. The topological polar surface area (TPSA) is 142 Å². The zero-order chi connectivity index (χ0) is 19.0. The first-order chi connectivity index (χ1) is 13.0. The molecule has 134 valence electrons. The molecule has 2 heterocycles. The van der Waals surface area contributed by atoms with Crippen molar-refractivity contribution in [2.24, 2.45) is 5.10 Å². The van der Waals surface area contributed by atoms with E-state index in [-0.39, 0.29) is 22.9 Å². The molecule has 10 nitrogen and oxygen atoms in total. The number of H-pyrrole nitrogens is 1. The van der Waals surface area contributed by atoms with Gasteiger partial charge in [0.25, 0.3) is 11.6 Å². The molecule has 0 saturated carbocycles. The Morgan fingerprint density at radius 1 is 1.26 bits per heavy atom. The zero-order valence-corrected chi connectivity index (χ0v) is 14.0. The minimum absolute atomic E-state index is 0.102. The van der Waals surface area contributed by atoms with E-state index in [0.717, 1.165) is 16.5 Å². The zero-order valence-electron chi connectivity index (χ0n) is 14.0. The molecule has 0 radical (unpaired) electrons. The summed E-state index contributed by atoms with van der Waals surface area (Å²) in [6.45, 7) is 1.99. The molecule has 0 amide bonds. The van der Waals surface area contributed by atoms with E-state index in [1.807, 2.05) is 25.1 Å². The Morgan fingerprint density at radius 3 is 2.93 bits per heavy atom. The molecule has 0 saturated heterocycles. The first kappa shape index (κ1) is 16.4. The fourth-order valence-corrected chi connectivity index (χ4v) is 2.70. The fraction of sp³-hybridized carbons (Fsp3) is 0.0588. The summed E-state index contributed by atoms with van der Waals surface area (Å²) in [5.41, 5.74) is 5.74. The average molecular weight is 363 g/mol. The summed E-state index contributed by atoms with van der Waals surface area (Å²) >= 11 is 0. The summed E-state index contributed by atoms with van der Waals surface area (Å²) in [7, 11) is 0. The quantitative estimate of drug-likeness (QED) is 0.287. The molecular weight excluding hydrogens is 350 g/mol. The van der Waals surface area contributed by atoms with Crippen molar-refractivity contribution in [3.8, 4) is 5.75 Å². The minimum Gasteiger partial charge on any atom is -0.508 e. The van der Waals surface area contributed by atoms with Crippen LogP contribution in [0.5, 0.6) is 5.75 Å². The Labute approximate surface area is 151 Å². The van der Waals surface area contributed by atoms with Crippen molar-refractivity contribution in [3.05, 3.63) is 57.6 Å². The van der Waals surface area contributed by atoms with E-state index in [0.29, 0.717) is 11.2 Å². The van der Waals surface area contributed by atoms with Gasteiger partial charge in [0.1, 0.15) is 11.3 Å². The fourth-order valence-electron chi connectivity index (χ4n) is 2.70. The number of phenols is 1. The van der Waals surface area contributed by atoms with Crippen molar-refractivity contribution in [2.75, 3.05) is 5.43 Å². The molecule has 0 atom stereocenters. The van der Waals surface area contributed by atoms with Crippen molar-refractivity contribution in [3.63, 3.8) is 0 Å². The van der Waals surface area contributed by atoms with Crippen LogP contribution in [0.15, 0.2) is 41.5 Å². The number of fused-ring (bicyclic) bond motifs is 3. The largest absolute Gasteiger partial charge is 0.508 e. The Kier molecular flexibility index (Phi) is 3.84. The molecule has 0 bridgehead atoms. The molecule has 0 aliphatic rings. The number of hydrogen-bond acceptors (Lipinski definition) is 8. The third-order valence-electron chi connectivity index (χ3n) is 3.95. The molecule has 3 N–H and O–H groups in total. The highest BCUT2D eigenvalue weighted by Crippen LogP contribution is 2.24. The number of hydrogen-bond donors (Lipinski definition) is 3. The number of hydrazone groups is 1. The molecule has 0 aliphatic heterocycles. The van der Waals surface area contributed by atoms with Crippen molar-refractivity contribution in [2.45, 2.75) is 6.92 Å². The number of phenolic OH excluding ortho intramolecular Hbond substituents is 1. The lowest BCUT2D eigenvalue weighted by molar-refractivity contribution is -0.385. The number of nitro benzene ring substituents is 1. The molecule has 10 heteroatoms. The maximum Gasteiger partial charge on any atom is 0.278 e. The van der Waals surface area contributed by atoms with E-state index in [2.05, 4.69) is 30.7 Å². The second-order valence-corrected chi connectivity index (χ2v) is 5.88. The van der Waals surface area contributed by atoms with Gasteiger partial charge in [0.05, 0.1) is 16.7 Å². The molecular formula is C17H13N7O3. The molecule has 2 aromatic heterocycles. The Bertz CT molecular complexity index is 1220. The Hall–Kier alpha value is -4.08. The minimum atomic E-state index is -0.558. The molecule has 0 spiro atoms. The van der Waals surface area contributed by atoms with Gasteiger partial charge in [0.2, 0.25) is 0 Å². The molecule has 2 aromatic carbocycles. The molecule has 4 aromatic rings. The summed E-state index contributed by atoms with van der Waals surface area (Å²) in [4.78, 5) is 17.9. The highest BCUT2D eigenvalue weighted by molar-refractivity contribution is 6.03. The van der Waals surface area contributed by atoms with Crippen LogP contribution in [-0.4, -0.2) is 36.4 Å². The van der Waals surface area contributed by atoms with Crippen molar-refractivity contribution < 1.29 is 10.0 Å². The van der Waals surface area contributed by atoms with Gasteiger partial charge in [-0.05, 0) is 31.2 Å². The van der Waals surface area contributed by atoms with Crippen LogP contribution in [0.2, 0.25) is 0 Å². The predicted molar refractivity (Wildman–Crippen MR) is 99.9 cm³/mol. The van der Waals surface area contributed by atoms with Gasteiger partial charge in [-0.25, -0.2) is 5.43 Å². The Balaban J connectivity index is 1.63. The van der Waals surface area contributed by atoms with Crippen molar-refractivity contribution in [1.82, 2.24) is 20.2 Å². The average Bonchev–Trinajstić information content (AvgIpc) is 2.98. The van der Waals surface area contributed by atoms with E-state index in [4.69, 9.17) is 0 Å². The standard InChI is InChI=1S/C17H13N7O3/c1-9-2-4-13-12(6-9)15-16(19-13)20-17(23-21-15)22-18-8-10-7-11(25)3-5-14(10)24(26)27/h2-8,25H,1H3,(H2,19,20,22,23)/b18-8+. The lowest BCUT2D eigenvalue weighted by atomic mass is 10.2. The van der Waals surface area contributed by atoms with E-state index in [9.17, 15) is 15.2 Å². The number of aromatic nitrogens is 4. The van der Waals surface area contributed by atoms with Gasteiger partial charge in [-0.3, -0.25) is 10.1 Å². The summed E-state index contributed by atoms with van der Waals surface area (Å²) < 4.78 is 0. The monoisotopic (exact) mass is 363 g/mol. The number of nitrogens with zero attached hydrogens (tertiary/aromatic N) is 5. The molecule has 0 fully saturated rings. The highest BCUT2D eigenvalue weighted by Gasteiger charge is 2.13. The van der Waals surface area contributed by atoms with Crippen LogP contribution in [0.25, 0.3) is 22.1 Å². The van der Waals surface area contributed by atoms with E-state index >= 15 is 0 Å². The van der Waals surface area contributed by atoms with Crippen LogP contribution in [0.1, 0.15) is 11.1 Å². The third-order valence-corrected chi connectivity index (χ3v) is 3.95. The molecule has 27 heavy (non-hydrogen) atoms. The first-order valence-electron chi connectivity index (χ1n) is 7.90. The number of benzene rings is 2. The summed E-state index contributed by atoms with van der Waals surface area (Å²) in [5, 5.41) is 33.5. The summed E-state index contributed by atoms with van der Waals surface area (Å²) in [6.07, 6.45) is 1.21. The van der Waals surface area contributed by atoms with Crippen LogP contribution in [0.4, 0.5) is 11.6 Å². The normalized spacial score (nSPS) is 11.4. The van der Waals surface area contributed by atoms with Crippen LogP contribution in [0.3, 0.4) is 0 Å². The van der Waals surface area contributed by atoms with E-state index in [1.165, 1.54) is 24.4 Å². The van der Waals surface area contributed by atoms with E-state index < -0.39 is 4.92 Å². The van der Waals surface area contributed by atoms with Crippen LogP contribution >= 0.6 is 0 Å². The molecule has 4 rings (SSSR count). The SMILES string of the molecule is Cc1ccc2[nH]c3nc(N/N=C/c4cc(O)ccc4[N+](=O)[O-])nnc3c2c1. The Morgan fingerprint density at radius 2 is 2.11 bits per heavy atom. The highest BCUT2D eigenvalue weighted by atomic mass is 16.6. The van der Waals surface area contributed by atoms with E-state index in [1.54, 1.807) is 0 Å². The van der Waals surface area contributed by atoms with Gasteiger partial charge in [0.15, 0.2) is 5.65 Å². The van der Waals surface area contributed by atoms with Crippen LogP contribution in [0, 0.1) is 17.0 Å². The number of aromatic hydroxyl groups is 1. The molecule has 0 unspecified atom stereocenters. The van der Waals surface area contributed by atoms with Gasteiger partial charge in [-0.2, -0.15) is 10.1 Å². The molecule has 0 aliphatic carbocycles. The summed E-state index contributed by atoms with van der Waals surface area (Å²) in [5.74, 6) is 0.0274. The van der Waals surface area contributed by atoms with Gasteiger partial charge in [-0.1, -0.05) is 11.6 Å². The first-order valence-corrected chi connectivity index (χ1v) is 7.90. The van der Waals surface area contributed by atoms with Crippen molar-refractivity contribution in [1.29, 1.82) is 0 Å². The third kappa shape index (κ3) is 3.11. The number of aryl methyl sites for hydroxylation is 1. The van der Waals surface area contributed by atoms with Gasteiger partial charge >= 0.3 is 0 Å². The van der Waals surface area contributed by atoms with Gasteiger partial charge in [0, 0.05) is 17.0 Å². The lowest BCUT2D eigenvalue weighted by Crippen LogP contribution is -2.00. The number of nitrogens with one attached hydrogen (secondary N) is 2. The predicted octanol–water partition coefficient (Wildman–Crippen LogP) is 2.87. The smallest absolute Gasteiger partial charge is 0.278 e. The second kappa shape index (κ2) is 6.33. The van der Waals surface area contributed by atoms with Gasteiger partial charge in [-0.15, -0.1) is 10.2 Å². The summed E-state index contributed by atoms with van der Waals surface area (Å²) in [6, 6.07) is 9.61. The van der Waals surface area contributed by atoms with Gasteiger partial charge < -0.3 is 10.1 Å². The van der Waals surface area contributed by atoms with Crippen LogP contribution in [-0.2, 0) is 0 Å². The van der Waals surface area contributed by atoms with Crippen LogP contribution < -0.4 is 5.43 Å². The lowest BCUT2D eigenvalue weighted by Gasteiger charge is -1.99. The second-order valence-electron chi connectivity index (χ2n) is 5.88.